The van der Waals surface area contributed by atoms with Crippen LogP contribution in [0.25, 0.3) is 0 Å². The second-order valence-electron chi connectivity index (χ2n) is 2.35. The summed E-state index contributed by atoms with van der Waals surface area (Å²) in [5.74, 6) is 0. The van der Waals surface area contributed by atoms with Crippen LogP contribution in [0.2, 0.25) is 0 Å². The maximum absolute atomic E-state index is 9.11. The van der Waals surface area contributed by atoms with E-state index in [4.69, 9.17) is 10.8 Å². The van der Waals surface area contributed by atoms with E-state index in [1.54, 1.807) is 0 Å². The minimum atomic E-state index is -0.884. The van der Waals surface area contributed by atoms with Crippen molar-refractivity contribution in [3.63, 3.8) is 0 Å². The Kier molecular flexibility index (Phi) is 1.51. The molecule has 1 saturated heterocycles. The number of aliphatic hydroxyl groups is 1. The van der Waals surface area contributed by atoms with Gasteiger partial charge in [0, 0.05) is 12.8 Å². The lowest BCUT2D eigenvalue weighted by Crippen LogP contribution is -2.48. The molecule has 0 unspecified atom stereocenters. The largest absolute Gasteiger partial charge is 0.376 e. The van der Waals surface area contributed by atoms with Crippen molar-refractivity contribution in [3.05, 3.63) is 0 Å². The summed E-state index contributed by atoms with van der Waals surface area (Å²) in [4.78, 5) is 0. The van der Waals surface area contributed by atoms with Crippen LogP contribution in [0.5, 0.6) is 0 Å². The summed E-state index contributed by atoms with van der Waals surface area (Å²) < 4.78 is 0. The predicted molar refractivity (Wildman–Crippen MR) is 31.2 cm³/mol. The number of hydrogen-bond donors (Lipinski definition) is 3. The van der Waals surface area contributed by atoms with Gasteiger partial charge in [0.05, 0.1) is 0 Å². The summed E-state index contributed by atoms with van der Waals surface area (Å²) >= 11 is 0. The summed E-state index contributed by atoms with van der Waals surface area (Å²) in [7, 11) is 0. The molecule has 3 heteroatoms. The second kappa shape index (κ2) is 2.01. The molecule has 48 valence electrons. The average molecular weight is 116 g/mol. The van der Waals surface area contributed by atoms with E-state index < -0.39 is 5.72 Å². The molecule has 0 saturated carbocycles. The molecule has 0 radical (unpaired) electrons. The minimum Gasteiger partial charge on any atom is -0.376 e. The van der Waals surface area contributed by atoms with Gasteiger partial charge in [-0.05, 0) is 13.1 Å². The van der Waals surface area contributed by atoms with E-state index in [0.29, 0.717) is 12.8 Å². The minimum absolute atomic E-state index is 0.674. The fourth-order valence-corrected chi connectivity index (χ4v) is 0.860. The van der Waals surface area contributed by atoms with E-state index >= 15 is 0 Å². The molecular weight excluding hydrogens is 104 g/mol. The van der Waals surface area contributed by atoms with Crippen LogP contribution in [0.15, 0.2) is 0 Å². The van der Waals surface area contributed by atoms with Gasteiger partial charge in [-0.3, -0.25) is 0 Å². The van der Waals surface area contributed by atoms with Gasteiger partial charge >= 0.3 is 0 Å². The third kappa shape index (κ3) is 1.43. The molecule has 0 spiro atoms. The lowest BCUT2D eigenvalue weighted by atomic mass is 10.0. The van der Waals surface area contributed by atoms with E-state index in [-0.39, 0.29) is 0 Å². The van der Waals surface area contributed by atoms with Crippen LogP contribution in [0.1, 0.15) is 12.8 Å². The molecular formula is C5H12N2O. The van der Waals surface area contributed by atoms with Crippen molar-refractivity contribution >= 4 is 0 Å². The highest BCUT2D eigenvalue weighted by atomic mass is 16.3. The molecule has 1 rings (SSSR count). The molecule has 1 aliphatic heterocycles. The number of hydrogen-bond acceptors (Lipinski definition) is 3. The van der Waals surface area contributed by atoms with Crippen LogP contribution >= 0.6 is 0 Å². The number of piperidine rings is 1. The first-order valence-electron chi connectivity index (χ1n) is 2.93. The zero-order valence-electron chi connectivity index (χ0n) is 4.85. The Morgan fingerprint density at radius 2 is 1.88 bits per heavy atom. The van der Waals surface area contributed by atoms with E-state index in [2.05, 4.69) is 5.32 Å². The standard InChI is InChI=1S/C5H12N2O/c6-5(8)1-3-7-4-2-5/h7-8H,1-4,6H2. The van der Waals surface area contributed by atoms with Crippen LogP contribution < -0.4 is 11.1 Å². The van der Waals surface area contributed by atoms with Crippen molar-refractivity contribution in [2.75, 3.05) is 13.1 Å². The van der Waals surface area contributed by atoms with Crippen LogP contribution in [0.4, 0.5) is 0 Å². The van der Waals surface area contributed by atoms with Crippen LogP contribution in [-0.4, -0.2) is 23.9 Å². The topological polar surface area (TPSA) is 58.3 Å². The number of rotatable bonds is 0. The van der Waals surface area contributed by atoms with Gasteiger partial charge in [0.25, 0.3) is 0 Å². The van der Waals surface area contributed by atoms with Crippen molar-refractivity contribution < 1.29 is 5.11 Å². The summed E-state index contributed by atoms with van der Waals surface area (Å²) in [6.07, 6.45) is 1.35. The quantitative estimate of drug-likeness (QED) is 0.356. The highest BCUT2D eigenvalue weighted by molar-refractivity contribution is 4.77. The van der Waals surface area contributed by atoms with Crippen LogP contribution in [0.3, 0.4) is 0 Å². The fourth-order valence-electron chi connectivity index (χ4n) is 0.860. The number of nitrogens with two attached hydrogens (primary N) is 1. The molecule has 0 bridgehead atoms. The van der Waals surface area contributed by atoms with Gasteiger partial charge in [-0.25, -0.2) is 0 Å². The van der Waals surface area contributed by atoms with Gasteiger partial charge in [-0.15, -0.1) is 0 Å². The second-order valence-corrected chi connectivity index (χ2v) is 2.35. The van der Waals surface area contributed by atoms with E-state index in [0.717, 1.165) is 13.1 Å². The van der Waals surface area contributed by atoms with Gasteiger partial charge in [0.2, 0.25) is 0 Å². The van der Waals surface area contributed by atoms with Crippen molar-refractivity contribution in [3.8, 4) is 0 Å². The highest BCUT2D eigenvalue weighted by Crippen LogP contribution is 2.08. The van der Waals surface area contributed by atoms with Gasteiger partial charge in [0.15, 0.2) is 0 Å². The Morgan fingerprint density at radius 3 is 2.12 bits per heavy atom. The maximum Gasteiger partial charge on any atom is 0.115 e. The van der Waals surface area contributed by atoms with Crippen molar-refractivity contribution in [1.29, 1.82) is 0 Å². The van der Waals surface area contributed by atoms with Crippen molar-refractivity contribution in [1.82, 2.24) is 5.32 Å². The van der Waals surface area contributed by atoms with E-state index in [9.17, 15) is 0 Å². The zero-order valence-corrected chi connectivity index (χ0v) is 4.85. The SMILES string of the molecule is NC1(O)CCNCC1. The van der Waals surface area contributed by atoms with Gasteiger partial charge in [-0.1, -0.05) is 0 Å². The molecule has 0 aromatic rings. The van der Waals surface area contributed by atoms with Gasteiger partial charge in [-0.2, -0.15) is 0 Å². The maximum atomic E-state index is 9.11. The monoisotopic (exact) mass is 116 g/mol. The lowest BCUT2D eigenvalue weighted by Gasteiger charge is -2.27. The fraction of sp³-hybridized carbons (Fsp3) is 1.00. The third-order valence-corrected chi connectivity index (χ3v) is 1.47. The smallest absolute Gasteiger partial charge is 0.115 e. The molecule has 0 aromatic heterocycles. The molecule has 8 heavy (non-hydrogen) atoms. The molecule has 0 aromatic carbocycles. The third-order valence-electron chi connectivity index (χ3n) is 1.47. The highest BCUT2D eigenvalue weighted by Gasteiger charge is 2.22. The number of nitrogens with one attached hydrogen (secondary N) is 1. The first-order chi connectivity index (χ1) is 3.71. The molecule has 4 N–H and O–H groups in total. The van der Waals surface area contributed by atoms with Gasteiger partial charge < -0.3 is 16.2 Å². The van der Waals surface area contributed by atoms with Crippen molar-refractivity contribution in [2.24, 2.45) is 5.73 Å². The van der Waals surface area contributed by atoms with Crippen molar-refractivity contribution in [2.45, 2.75) is 18.6 Å². The first-order valence-corrected chi connectivity index (χ1v) is 2.93. The summed E-state index contributed by atoms with van der Waals surface area (Å²) in [5.41, 5.74) is 4.51. The Morgan fingerprint density at radius 1 is 1.38 bits per heavy atom. The molecule has 0 aliphatic carbocycles. The normalized spacial score (nSPS) is 27.8. The Bertz CT molecular complexity index is 74.5. The Hall–Kier alpha value is -0.120. The molecule has 0 amide bonds. The molecule has 3 nitrogen and oxygen atoms in total. The molecule has 1 heterocycles. The predicted octanol–water partition coefficient (Wildman–Crippen LogP) is -0.983. The zero-order chi connectivity index (χ0) is 6.04. The van der Waals surface area contributed by atoms with Crippen LogP contribution in [0, 0.1) is 0 Å². The van der Waals surface area contributed by atoms with Gasteiger partial charge in [0.1, 0.15) is 5.72 Å². The van der Waals surface area contributed by atoms with E-state index in [1.165, 1.54) is 0 Å². The lowest BCUT2D eigenvalue weighted by molar-refractivity contribution is 0.0168. The summed E-state index contributed by atoms with van der Waals surface area (Å²) in [6, 6.07) is 0. The first kappa shape index (κ1) is 6.01. The van der Waals surface area contributed by atoms with E-state index in [1.807, 2.05) is 0 Å². The average Bonchev–Trinajstić information content (AvgIpc) is 1.65. The molecule has 0 atom stereocenters. The molecule has 1 fully saturated rings. The summed E-state index contributed by atoms with van der Waals surface area (Å²) in [5, 5.41) is 12.2. The Labute approximate surface area is 48.9 Å². The molecule has 1 aliphatic rings. The van der Waals surface area contributed by atoms with Crippen LogP contribution in [-0.2, 0) is 0 Å². The summed E-state index contributed by atoms with van der Waals surface area (Å²) in [6.45, 7) is 1.68. The Balaban J connectivity index is 2.33.